The molecule has 3 atom stereocenters. The minimum Gasteiger partial charge on any atom is -0.465 e. The van der Waals surface area contributed by atoms with Crippen LogP contribution >= 0.6 is 0 Å². The number of rotatable bonds is 5. The van der Waals surface area contributed by atoms with Crippen LogP contribution < -0.4 is 15.4 Å². The highest BCUT2D eigenvalue weighted by Crippen LogP contribution is 2.35. The number of nitrogens with one attached hydrogen (secondary N) is 2. The van der Waals surface area contributed by atoms with Gasteiger partial charge in [0.1, 0.15) is 5.75 Å². The van der Waals surface area contributed by atoms with Gasteiger partial charge in [-0.15, -0.1) is 0 Å². The fourth-order valence-corrected chi connectivity index (χ4v) is 4.04. The van der Waals surface area contributed by atoms with Crippen molar-refractivity contribution in [3.8, 4) is 5.75 Å². The normalized spacial score (nSPS) is 23.0. The first kappa shape index (κ1) is 19.7. The molecule has 0 spiro atoms. The molecule has 9 heteroatoms. The number of nitrogens with zero attached hydrogens (tertiary/aromatic N) is 1. The zero-order valence-electron chi connectivity index (χ0n) is 15.5. The molecule has 2 fully saturated rings. The van der Waals surface area contributed by atoms with Gasteiger partial charge in [-0.2, -0.15) is 0 Å². The molecule has 0 aliphatic carbocycles. The molecule has 0 aromatic heterocycles. The molecule has 0 unspecified atom stereocenters. The number of amides is 3. The monoisotopic (exact) mass is 389 g/mol. The van der Waals surface area contributed by atoms with Gasteiger partial charge in [0.05, 0.1) is 12.1 Å². The van der Waals surface area contributed by atoms with Crippen molar-refractivity contribution in [3.05, 3.63) is 29.8 Å². The van der Waals surface area contributed by atoms with Crippen LogP contribution in [0.1, 0.15) is 43.0 Å². The van der Waals surface area contributed by atoms with Crippen LogP contribution in [0.5, 0.6) is 5.75 Å². The fraction of sp³-hybridized carbons (Fsp3) is 0.474. The summed E-state index contributed by atoms with van der Waals surface area (Å²) >= 11 is 0. The number of carbonyl (C=O) groups is 4. The second kappa shape index (κ2) is 8.28. The number of fused-ring (bicyclic) bond motifs is 2. The summed E-state index contributed by atoms with van der Waals surface area (Å²) in [7, 11) is 0. The van der Waals surface area contributed by atoms with Gasteiger partial charge in [0.25, 0.3) is 5.91 Å². The van der Waals surface area contributed by atoms with E-state index < -0.39 is 18.0 Å². The number of hydrogen-bond acceptors (Lipinski definition) is 5. The van der Waals surface area contributed by atoms with E-state index in [-0.39, 0.29) is 41.9 Å². The Balaban J connectivity index is 1.51. The summed E-state index contributed by atoms with van der Waals surface area (Å²) in [5.74, 6) is -1.27. The maximum absolute atomic E-state index is 12.3. The molecule has 3 amide bonds. The van der Waals surface area contributed by atoms with Crippen molar-refractivity contribution in [1.82, 2.24) is 15.5 Å². The van der Waals surface area contributed by atoms with E-state index in [0.29, 0.717) is 12.8 Å². The second-order valence-electron chi connectivity index (χ2n) is 7.08. The number of piperidine rings is 1. The van der Waals surface area contributed by atoms with Gasteiger partial charge >= 0.3 is 12.1 Å². The fourth-order valence-electron chi connectivity index (χ4n) is 4.04. The maximum atomic E-state index is 12.3. The molecule has 3 rings (SSSR count). The van der Waals surface area contributed by atoms with Crippen molar-refractivity contribution in [2.24, 2.45) is 0 Å². The van der Waals surface area contributed by atoms with E-state index in [1.165, 1.54) is 24.0 Å². The second-order valence-corrected chi connectivity index (χ2v) is 7.08. The number of hydrogen-bond donors (Lipinski definition) is 3. The first-order valence-corrected chi connectivity index (χ1v) is 9.21. The maximum Gasteiger partial charge on any atom is 0.407 e. The third-order valence-corrected chi connectivity index (χ3v) is 5.11. The minimum atomic E-state index is -0.906. The van der Waals surface area contributed by atoms with Gasteiger partial charge in [0, 0.05) is 25.0 Å². The molecule has 2 saturated heterocycles. The SMILES string of the molecule is CC(=O)Oc1ccccc1C(=O)NCC(=O)N[C@H]1C[C@H]2CC[C@@H](C1)N2C(=O)O. The summed E-state index contributed by atoms with van der Waals surface area (Å²) in [5.41, 5.74) is 0.165. The number of para-hydroxylation sites is 1. The van der Waals surface area contributed by atoms with Crippen LogP contribution in [0.2, 0.25) is 0 Å². The number of carboxylic acid groups (broad SMARTS) is 1. The van der Waals surface area contributed by atoms with Crippen LogP contribution in [-0.4, -0.2) is 58.6 Å². The Morgan fingerprint density at radius 2 is 1.79 bits per heavy atom. The number of ether oxygens (including phenoxy) is 1. The van der Waals surface area contributed by atoms with Crippen molar-refractivity contribution in [3.63, 3.8) is 0 Å². The third-order valence-electron chi connectivity index (χ3n) is 5.11. The number of benzene rings is 1. The number of carbonyl (C=O) groups excluding carboxylic acids is 3. The molecule has 9 nitrogen and oxygen atoms in total. The van der Waals surface area contributed by atoms with Gasteiger partial charge in [0.15, 0.2) is 0 Å². The standard InChI is InChI=1S/C19H23N3O6/c1-11(23)28-16-5-3-2-4-15(16)18(25)20-10-17(24)21-12-8-13-6-7-14(9-12)22(13)19(26)27/h2-5,12-14H,6-10H2,1H3,(H,20,25)(H,21,24)(H,26,27)/t12-,13+,14-. The summed E-state index contributed by atoms with van der Waals surface area (Å²) in [5, 5.41) is 14.7. The van der Waals surface area contributed by atoms with Gasteiger partial charge < -0.3 is 25.4 Å². The molecule has 2 heterocycles. The van der Waals surface area contributed by atoms with Crippen LogP contribution in [0.15, 0.2) is 24.3 Å². The Hall–Kier alpha value is -3.10. The molecular formula is C19H23N3O6. The Kier molecular flexibility index (Phi) is 5.81. The Morgan fingerprint density at radius 1 is 1.14 bits per heavy atom. The predicted molar refractivity (Wildman–Crippen MR) is 97.9 cm³/mol. The van der Waals surface area contributed by atoms with E-state index in [0.717, 1.165) is 12.8 Å². The van der Waals surface area contributed by atoms with Crippen LogP contribution in [-0.2, 0) is 9.59 Å². The molecule has 1 aromatic carbocycles. The average Bonchev–Trinajstić information content (AvgIpc) is 2.91. The van der Waals surface area contributed by atoms with E-state index >= 15 is 0 Å². The lowest BCUT2D eigenvalue weighted by Gasteiger charge is -2.37. The van der Waals surface area contributed by atoms with Crippen molar-refractivity contribution >= 4 is 23.9 Å². The summed E-state index contributed by atoms with van der Waals surface area (Å²) in [6, 6.07) is 6.05. The number of esters is 1. The molecule has 1 aromatic rings. The first-order chi connectivity index (χ1) is 13.3. The lowest BCUT2D eigenvalue weighted by molar-refractivity contribution is -0.132. The zero-order chi connectivity index (χ0) is 20.3. The molecule has 150 valence electrons. The molecule has 2 bridgehead atoms. The molecule has 2 aliphatic rings. The van der Waals surface area contributed by atoms with Crippen LogP contribution in [0.3, 0.4) is 0 Å². The van der Waals surface area contributed by atoms with E-state index in [1.54, 1.807) is 12.1 Å². The van der Waals surface area contributed by atoms with Crippen LogP contribution in [0, 0.1) is 0 Å². The van der Waals surface area contributed by atoms with Gasteiger partial charge in [-0.05, 0) is 37.8 Å². The highest BCUT2D eigenvalue weighted by atomic mass is 16.5. The smallest absolute Gasteiger partial charge is 0.407 e. The van der Waals surface area contributed by atoms with E-state index in [4.69, 9.17) is 4.74 Å². The van der Waals surface area contributed by atoms with Crippen molar-refractivity contribution < 1.29 is 29.0 Å². The van der Waals surface area contributed by atoms with Gasteiger partial charge in [0.2, 0.25) is 5.91 Å². The van der Waals surface area contributed by atoms with Gasteiger partial charge in [-0.3, -0.25) is 14.4 Å². The quantitative estimate of drug-likeness (QED) is 0.512. The zero-order valence-corrected chi connectivity index (χ0v) is 15.5. The lowest BCUT2D eigenvalue weighted by Crippen LogP contribution is -2.53. The lowest BCUT2D eigenvalue weighted by atomic mass is 9.98. The largest absolute Gasteiger partial charge is 0.465 e. The van der Waals surface area contributed by atoms with E-state index in [1.807, 2.05) is 0 Å². The highest BCUT2D eigenvalue weighted by Gasteiger charge is 2.43. The molecule has 3 N–H and O–H groups in total. The molecule has 0 radical (unpaired) electrons. The van der Waals surface area contributed by atoms with Gasteiger partial charge in [-0.1, -0.05) is 12.1 Å². The first-order valence-electron chi connectivity index (χ1n) is 9.21. The van der Waals surface area contributed by atoms with Gasteiger partial charge in [-0.25, -0.2) is 4.79 Å². The van der Waals surface area contributed by atoms with Crippen molar-refractivity contribution in [2.45, 2.75) is 50.7 Å². The third kappa shape index (κ3) is 4.41. The summed E-state index contributed by atoms with van der Waals surface area (Å²) in [6.45, 7) is 1.02. The van der Waals surface area contributed by atoms with E-state index in [2.05, 4.69) is 10.6 Å². The Morgan fingerprint density at radius 3 is 2.39 bits per heavy atom. The molecule has 2 aliphatic heterocycles. The van der Waals surface area contributed by atoms with Crippen LogP contribution in [0.25, 0.3) is 0 Å². The Bertz CT molecular complexity index is 782. The average molecular weight is 389 g/mol. The predicted octanol–water partition coefficient (Wildman–Crippen LogP) is 1.13. The highest BCUT2D eigenvalue weighted by molar-refractivity contribution is 5.99. The Labute approximate surface area is 162 Å². The topological polar surface area (TPSA) is 125 Å². The minimum absolute atomic E-state index is 0.0632. The summed E-state index contributed by atoms with van der Waals surface area (Å²) in [4.78, 5) is 48.5. The molecule has 0 saturated carbocycles. The molecule has 28 heavy (non-hydrogen) atoms. The molecular weight excluding hydrogens is 366 g/mol. The van der Waals surface area contributed by atoms with Crippen molar-refractivity contribution in [1.29, 1.82) is 0 Å². The van der Waals surface area contributed by atoms with E-state index in [9.17, 15) is 24.3 Å². The summed E-state index contributed by atoms with van der Waals surface area (Å²) < 4.78 is 5.00. The summed E-state index contributed by atoms with van der Waals surface area (Å²) in [6.07, 6.45) is 1.88. The van der Waals surface area contributed by atoms with Crippen molar-refractivity contribution in [2.75, 3.05) is 6.54 Å². The van der Waals surface area contributed by atoms with Crippen LogP contribution in [0.4, 0.5) is 4.79 Å².